The molecular formula is C21H30IN5OS. The molecule has 1 amide bonds. The molecule has 2 heterocycles. The molecule has 0 spiro atoms. The standard InChI is InChI=1S/C21H29N5OS.HI/c1-15-19(28-16(2)25-15)13-24-21(22-3)23-12-18-11-20(27)26(14-18)10-9-17-7-5-4-6-8-17;/h4-8,18H,9-14H2,1-3H3,(H2,22,23,24);1H. The molecule has 1 aromatic carbocycles. The summed E-state index contributed by atoms with van der Waals surface area (Å²) < 4.78 is 0. The van der Waals surface area contributed by atoms with E-state index >= 15 is 0 Å². The SMILES string of the molecule is CN=C(NCc1sc(C)nc1C)NCC1CC(=O)N(CCc2ccccc2)C1.I. The number of amides is 1. The van der Waals surface area contributed by atoms with E-state index in [1.807, 2.05) is 36.9 Å². The van der Waals surface area contributed by atoms with Gasteiger partial charge in [-0.3, -0.25) is 9.79 Å². The number of nitrogens with zero attached hydrogens (tertiary/aromatic N) is 3. The molecule has 2 aromatic rings. The average Bonchev–Trinajstić information content (AvgIpc) is 3.21. The Morgan fingerprint density at radius 3 is 2.69 bits per heavy atom. The molecule has 158 valence electrons. The van der Waals surface area contributed by atoms with Gasteiger partial charge in [-0.05, 0) is 25.8 Å². The number of guanidine groups is 1. The van der Waals surface area contributed by atoms with Crippen LogP contribution in [0, 0.1) is 19.8 Å². The summed E-state index contributed by atoms with van der Waals surface area (Å²) in [6.45, 7) is 7.11. The van der Waals surface area contributed by atoms with Crippen LogP contribution in [0.4, 0.5) is 0 Å². The van der Waals surface area contributed by atoms with Crippen LogP contribution in [0.1, 0.15) is 27.6 Å². The average molecular weight is 527 g/mol. The van der Waals surface area contributed by atoms with Crippen molar-refractivity contribution < 1.29 is 4.79 Å². The van der Waals surface area contributed by atoms with Crippen LogP contribution in [0.2, 0.25) is 0 Å². The van der Waals surface area contributed by atoms with E-state index in [0.717, 1.165) is 42.7 Å². The zero-order valence-corrected chi connectivity index (χ0v) is 20.4. The monoisotopic (exact) mass is 527 g/mol. The number of aryl methyl sites for hydroxylation is 2. The second kappa shape index (κ2) is 11.5. The molecule has 1 saturated heterocycles. The highest BCUT2D eigenvalue weighted by atomic mass is 127. The van der Waals surface area contributed by atoms with Gasteiger partial charge in [0.25, 0.3) is 0 Å². The van der Waals surface area contributed by atoms with Crippen LogP contribution in [-0.2, 0) is 17.8 Å². The molecule has 1 unspecified atom stereocenters. The van der Waals surface area contributed by atoms with Crippen molar-refractivity contribution in [1.82, 2.24) is 20.5 Å². The minimum Gasteiger partial charge on any atom is -0.356 e. The summed E-state index contributed by atoms with van der Waals surface area (Å²) in [6.07, 6.45) is 1.51. The second-order valence-electron chi connectivity index (χ2n) is 7.19. The van der Waals surface area contributed by atoms with Crippen molar-refractivity contribution in [2.75, 3.05) is 26.7 Å². The zero-order chi connectivity index (χ0) is 19.9. The molecule has 1 fully saturated rings. The Hall–Kier alpha value is -1.68. The van der Waals surface area contributed by atoms with E-state index in [4.69, 9.17) is 0 Å². The van der Waals surface area contributed by atoms with E-state index in [-0.39, 0.29) is 29.9 Å². The molecule has 1 aromatic heterocycles. The minimum absolute atomic E-state index is 0. The first kappa shape index (κ1) is 23.6. The van der Waals surface area contributed by atoms with Crippen molar-refractivity contribution in [1.29, 1.82) is 0 Å². The van der Waals surface area contributed by atoms with Gasteiger partial charge < -0.3 is 15.5 Å². The van der Waals surface area contributed by atoms with E-state index in [0.29, 0.717) is 18.9 Å². The number of benzene rings is 1. The predicted molar refractivity (Wildman–Crippen MR) is 130 cm³/mol. The third kappa shape index (κ3) is 6.95. The molecule has 2 N–H and O–H groups in total. The molecule has 0 bridgehead atoms. The number of aliphatic imine (C=N–C) groups is 1. The van der Waals surface area contributed by atoms with Gasteiger partial charge in [0.05, 0.1) is 17.2 Å². The topological polar surface area (TPSA) is 69.6 Å². The van der Waals surface area contributed by atoms with Crippen LogP contribution in [0.5, 0.6) is 0 Å². The first-order valence-electron chi connectivity index (χ1n) is 9.74. The number of halogens is 1. The van der Waals surface area contributed by atoms with Crippen LogP contribution in [0.3, 0.4) is 0 Å². The van der Waals surface area contributed by atoms with Gasteiger partial charge in [0, 0.05) is 43.9 Å². The smallest absolute Gasteiger partial charge is 0.223 e. The normalized spacial score (nSPS) is 16.7. The first-order valence-corrected chi connectivity index (χ1v) is 10.6. The number of hydrogen-bond acceptors (Lipinski definition) is 4. The quantitative estimate of drug-likeness (QED) is 0.330. The Kier molecular flexibility index (Phi) is 9.35. The summed E-state index contributed by atoms with van der Waals surface area (Å²) >= 11 is 1.71. The molecule has 0 aliphatic carbocycles. The van der Waals surface area contributed by atoms with Gasteiger partial charge in [-0.1, -0.05) is 30.3 Å². The summed E-state index contributed by atoms with van der Waals surface area (Å²) in [5, 5.41) is 7.79. The maximum atomic E-state index is 12.3. The van der Waals surface area contributed by atoms with Crippen molar-refractivity contribution >= 4 is 47.2 Å². The van der Waals surface area contributed by atoms with Crippen molar-refractivity contribution in [2.45, 2.75) is 33.2 Å². The Balaban J connectivity index is 0.00000300. The van der Waals surface area contributed by atoms with E-state index in [1.54, 1.807) is 18.4 Å². The fraction of sp³-hybridized carbons (Fsp3) is 0.476. The van der Waals surface area contributed by atoms with Gasteiger partial charge in [-0.25, -0.2) is 4.98 Å². The number of aromatic nitrogens is 1. The number of carbonyl (C=O) groups excluding carboxylic acids is 1. The number of nitrogens with one attached hydrogen (secondary N) is 2. The van der Waals surface area contributed by atoms with Crippen LogP contribution in [0.25, 0.3) is 0 Å². The Labute approximate surface area is 194 Å². The lowest BCUT2D eigenvalue weighted by atomic mass is 10.1. The van der Waals surface area contributed by atoms with Gasteiger partial charge in [0.1, 0.15) is 0 Å². The first-order chi connectivity index (χ1) is 13.5. The summed E-state index contributed by atoms with van der Waals surface area (Å²) in [4.78, 5) is 24.3. The van der Waals surface area contributed by atoms with Crippen LogP contribution in [-0.4, -0.2) is 48.4 Å². The van der Waals surface area contributed by atoms with E-state index in [2.05, 4.69) is 32.7 Å². The summed E-state index contributed by atoms with van der Waals surface area (Å²) in [7, 11) is 1.77. The third-order valence-corrected chi connectivity index (χ3v) is 6.08. The highest BCUT2D eigenvalue weighted by molar-refractivity contribution is 14.0. The summed E-state index contributed by atoms with van der Waals surface area (Å²) in [5.74, 6) is 1.33. The van der Waals surface area contributed by atoms with Crippen LogP contribution in [0.15, 0.2) is 35.3 Å². The lowest BCUT2D eigenvalue weighted by molar-refractivity contribution is -0.127. The second-order valence-corrected chi connectivity index (χ2v) is 8.48. The van der Waals surface area contributed by atoms with Crippen molar-refractivity contribution in [3.8, 4) is 0 Å². The van der Waals surface area contributed by atoms with Crippen molar-refractivity contribution in [3.05, 3.63) is 51.5 Å². The molecule has 1 aliphatic rings. The Bertz CT molecular complexity index is 824. The Morgan fingerprint density at radius 2 is 2.03 bits per heavy atom. The van der Waals surface area contributed by atoms with Crippen molar-refractivity contribution in [2.24, 2.45) is 10.9 Å². The highest BCUT2D eigenvalue weighted by Crippen LogP contribution is 2.18. The molecule has 1 aliphatic heterocycles. The lowest BCUT2D eigenvalue weighted by Crippen LogP contribution is -2.40. The number of hydrogen-bond donors (Lipinski definition) is 2. The molecule has 0 radical (unpaired) electrons. The Morgan fingerprint density at radius 1 is 1.28 bits per heavy atom. The van der Waals surface area contributed by atoms with Crippen molar-refractivity contribution in [3.63, 3.8) is 0 Å². The molecule has 8 heteroatoms. The maximum Gasteiger partial charge on any atom is 0.223 e. The van der Waals surface area contributed by atoms with E-state index in [1.165, 1.54) is 10.4 Å². The zero-order valence-electron chi connectivity index (χ0n) is 17.3. The molecule has 3 rings (SSSR count). The van der Waals surface area contributed by atoms with Gasteiger partial charge in [0.2, 0.25) is 5.91 Å². The fourth-order valence-corrected chi connectivity index (χ4v) is 4.36. The van der Waals surface area contributed by atoms with Gasteiger partial charge >= 0.3 is 0 Å². The number of thiazole rings is 1. The highest BCUT2D eigenvalue weighted by Gasteiger charge is 2.29. The summed E-state index contributed by atoms with van der Waals surface area (Å²) in [6, 6.07) is 10.3. The van der Waals surface area contributed by atoms with Crippen LogP contribution >= 0.6 is 35.3 Å². The van der Waals surface area contributed by atoms with Gasteiger partial charge in [-0.15, -0.1) is 35.3 Å². The molecular weight excluding hydrogens is 497 g/mol. The minimum atomic E-state index is 0. The third-order valence-electron chi connectivity index (χ3n) is 5.01. The van der Waals surface area contributed by atoms with Gasteiger partial charge in [0.15, 0.2) is 5.96 Å². The maximum absolute atomic E-state index is 12.3. The van der Waals surface area contributed by atoms with E-state index < -0.39 is 0 Å². The van der Waals surface area contributed by atoms with Crippen LogP contribution < -0.4 is 10.6 Å². The largest absolute Gasteiger partial charge is 0.356 e. The molecule has 1 atom stereocenters. The lowest BCUT2D eigenvalue weighted by Gasteiger charge is -2.18. The summed E-state index contributed by atoms with van der Waals surface area (Å²) in [5.41, 5.74) is 2.34. The predicted octanol–water partition coefficient (Wildman–Crippen LogP) is 3.13. The molecule has 0 saturated carbocycles. The molecule has 29 heavy (non-hydrogen) atoms. The van der Waals surface area contributed by atoms with E-state index in [9.17, 15) is 4.79 Å². The van der Waals surface area contributed by atoms with Gasteiger partial charge in [-0.2, -0.15) is 0 Å². The number of likely N-dealkylation sites (tertiary alicyclic amines) is 1. The number of rotatable bonds is 7. The molecule has 6 nitrogen and oxygen atoms in total. The number of carbonyl (C=O) groups is 1. The fourth-order valence-electron chi connectivity index (χ4n) is 3.48.